The highest BCUT2D eigenvalue weighted by molar-refractivity contribution is 14.1. The van der Waals surface area contributed by atoms with Crippen LogP contribution in [0.25, 0.3) is 0 Å². The summed E-state index contributed by atoms with van der Waals surface area (Å²) in [6, 6.07) is 8.31. The Labute approximate surface area is 84.0 Å². The van der Waals surface area contributed by atoms with Crippen molar-refractivity contribution in [3.63, 3.8) is 0 Å². The van der Waals surface area contributed by atoms with Crippen molar-refractivity contribution in [2.45, 2.75) is 4.90 Å². The summed E-state index contributed by atoms with van der Waals surface area (Å²) in [4.78, 5) is 1.30. The molecule has 1 aliphatic rings. The highest BCUT2D eigenvalue weighted by Gasteiger charge is 2.20. The van der Waals surface area contributed by atoms with Gasteiger partial charge in [-0.3, -0.25) is 3.11 Å². The number of hydrogen-bond acceptors (Lipinski definition) is 2. The van der Waals surface area contributed by atoms with Crippen LogP contribution < -0.4 is 3.11 Å². The predicted octanol–water partition coefficient (Wildman–Crippen LogP) is 3.42. The third-order valence-corrected chi connectivity index (χ3v) is 3.94. The standard InChI is InChI=1S/C8H6INS/c1-6-10(9)7-4-2-3-5-8(7)11-6/h2-5H,1H2. The van der Waals surface area contributed by atoms with Gasteiger partial charge in [0, 0.05) is 4.90 Å². The molecular formula is C8H6INS. The zero-order valence-corrected chi connectivity index (χ0v) is 8.72. The summed E-state index contributed by atoms with van der Waals surface area (Å²) in [5, 5.41) is 1.09. The Morgan fingerprint density at radius 2 is 2.09 bits per heavy atom. The summed E-state index contributed by atoms with van der Waals surface area (Å²) in [6.07, 6.45) is 0. The fraction of sp³-hybridized carbons (Fsp3) is 0. The van der Waals surface area contributed by atoms with E-state index in [9.17, 15) is 0 Å². The number of hydrogen-bond donors (Lipinski definition) is 0. The van der Waals surface area contributed by atoms with Crippen LogP contribution in [0.4, 0.5) is 5.69 Å². The second-order valence-electron chi connectivity index (χ2n) is 2.24. The van der Waals surface area contributed by atoms with Crippen LogP contribution in [0.5, 0.6) is 0 Å². The van der Waals surface area contributed by atoms with Crippen molar-refractivity contribution in [1.82, 2.24) is 0 Å². The molecule has 0 N–H and O–H groups in total. The smallest absolute Gasteiger partial charge is 0.0822 e. The fourth-order valence-corrected chi connectivity index (χ4v) is 2.73. The van der Waals surface area contributed by atoms with Gasteiger partial charge in [-0.05, 0) is 12.1 Å². The molecule has 1 nitrogen and oxygen atoms in total. The molecule has 0 saturated carbocycles. The minimum Gasteiger partial charge on any atom is -0.276 e. The van der Waals surface area contributed by atoms with Gasteiger partial charge in [0.2, 0.25) is 0 Å². The molecule has 1 aromatic rings. The monoisotopic (exact) mass is 275 g/mol. The minimum absolute atomic E-state index is 1.09. The molecule has 0 aromatic heterocycles. The number of thioether (sulfide) groups is 1. The Balaban J connectivity index is 2.55. The van der Waals surface area contributed by atoms with Gasteiger partial charge >= 0.3 is 0 Å². The highest BCUT2D eigenvalue weighted by atomic mass is 127. The van der Waals surface area contributed by atoms with Gasteiger partial charge in [0.05, 0.1) is 33.6 Å². The number of nitrogens with zero attached hydrogens (tertiary/aromatic N) is 1. The molecule has 56 valence electrons. The Morgan fingerprint density at radius 1 is 1.36 bits per heavy atom. The van der Waals surface area contributed by atoms with Crippen molar-refractivity contribution in [2.24, 2.45) is 0 Å². The lowest BCUT2D eigenvalue weighted by molar-refractivity contribution is 1.41. The van der Waals surface area contributed by atoms with Crippen LogP contribution in [0.3, 0.4) is 0 Å². The average molecular weight is 275 g/mol. The van der Waals surface area contributed by atoms with Crippen molar-refractivity contribution in [3.8, 4) is 0 Å². The predicted molar refractivity (Wildman–Crippen MR) is 57.9 cm³/mol. The summed E-state index contributed by atoms with van der Waals surface area (Å²) in [5.74, 6) is 0. The number of anilines is 1. The van der Waals surface area contributed by atoms with E-state index in [0.717, 1.165) is 5.03 Å². The summed E-state index contributed by atoms with van der Waals surface area (Å²) in [5.41, 5.74) is 1.25. The van der Waals surface area contributed by atoms with E-state index in [2.05, 4.69) is 50.8 Å². The van der Waals surface area contributed by atoms with Crippen molar-refractivity contribution in [1.29, 1.82) is 0 Å². The molecule has 0 unspecified atom stereocenters. The van der Waals surface area contributed by atoms with Crippen molar-refractivity contribution in [3.05, 3.63) is 35.9 Å². The van der Waals surface area contributed by atoms with Crippen LogP contribution in [-0.4, -0.2) is 0 Å². The van der Waals surface area contributed by atoms with Gasteiger partial charge in [0.25, 0.3) is 0 Å². The zero-order chi connectivity index (χ0) is 7.84. The van der Waals surface area contributed by atoms with Gasteiger partial charge in [-0.2, -0.15) is 0 Å². The molecule has 3 heteroatoms. The lowest BCUT2D eigenvalue weighted by Gasteiger charge is -2.07. The Hall–Kier alpha value is -0.160. The van der Waals surface area contributed by atoms with Gasteiger partial charge in [0.15, 0.2) is 0 Å². The molecule has 0 saturated heterocycles. The second kappa shape index (κ2) is 2.71. The van der Waals surface area contributed by atoms with Crippen LogP contribution in [0.1, 0.15) is 0 Å². The molecule has 1 aromatic carbocycles. The van der Waals surface area contributed by atoms with Crippen LogP contribution >= 0.6 is 34.6 Å². The van der Waals surface area contributed by atoms with Crippen molar-refractivity contribution < 1.29 is 0 Å². The van der Waals surface area contributed by atoms with Gasteiger partial charge in [-0.1, -0.05) is 30.5 Å². The van der Waals surface area contributed by atoms with Crippen molar-refractivity contribution >= 4 is 40.3 Å². The highest BCUT2D eigenvalue weighted by Crippen LogP contribution is 2.46. The van der Waals surface area contributed by atoms with Gasteiger partial charge < -0.3 is 0 Å². The summed E-state index contributed by atoms with van der Waals surface area (Å²) < 4.78 is 2.08. The molecule has 0 bridgehead atoms. The molecule has 0 aliphatic carbocycles. The van der Waals surface area contributed by atoms with Crippen LogP contribution in [-0.2, 0) is 0 Å². The van der Waals surface area contributed by atoms with Gasteiger partial charge in [-0.15, -0.1) is 0 Å². The molecule has 1 aliphatic heterocycles. The van der Waals surface area contributed by atoms with E-state index < -0.39 is 0 Å². The van der Waals surface area contributed by atoms with Crippen LogP contribution in [0.15, 0.2) is 40.8 Å². The molecule has 1 heterocycles. The van der Waals surface area contributed by atoms with E-state index >= 15 is 0 Å². The number of halogens is 1. The molecule has 0 amide bonds. The SMILES string of the molecule is C=C1Sc2ccccc2N1I. The normalized spacial score (nSPS) is 15.4. The first kappa shape index (κ1) is 7.49. The second-order valence-corrected chi connectivity index (χ2v) is 4.32. The maximum atomic E-state index is 3.93. The quantitative estimate of drug-likeness (QED) is 0.527. The van der Waals surface area contributed by atoms with Crippen molar-refractivity contribution in [2.75, 3.05) is 3.11 Å². The van der Waals surface area contributed by atoms with Gasteiger partial charge in [0.1, 0.15) is 0 Å². The zero-order valence-electron chi connectivity index (χ0n) is 5.75. The Bertz CT molecular complexity index is 311. The summed E-state index contributed by atoms with van der Waals surface area (Å²) in [7, 11) is 0. The van der Waals surface area contributed by atoms with E-state index in [1.807, 2.05) is 6.07 Å². The van der Waals surface area contributed by atoms with Crippen LogP contribution in [0.2, 0.25) is 0 Å². The first-order chi connectivity index (χ1) is 5.29. The lowest BCUT2D eigenvalue weighted by atomic mass is 10.3. The summed E-state index contributed by atoms with van der Waals surface area (Å²) in [6.45, 7) is 3.93. The molecule has 0 spiro atoms. The van der Waals surface area contributed by atoms with E-state index in [0.29, 0.717) is 0 Å². The van der Waals surface area contributed by atoms with E-state index in [4.69, 9.17) is 0 Å². The lowest BCUT2D eigenvalue weighted by Crippen LogP contribution is -1.97. The van der Waals surface area contributed by atoms with Crippen LogP contribution in [0, 0.1) is 0 Å². The average Bonchev–Trinajstić information content (AvgIpc) is 2.30. The molecule has 11 heavy (non-hydrogen) atoms. The van der Waals surface area contributed by atoms with E-state index in [1.165, 1.54) is 10.6 Å². The first-order valence-electron chi connectivity index (χ1n) is 3.21. The third kappa shape index (κ3) is 1.16. The maximum Gasteiger partial charge on any atom is 0.0822 e. The third-order valence-electron chi connectivity index (χ3n) is 1.52. The largest absolute Gasteiger partial charge is 0.276 e. The maximum absolute atomic E-state index is 3.93. The molecule has 2 rings (SSSR count). The molecule has 0 radical (unpaired) electrons. The van der Waals surface area contributed by atoms with E-state index in [1.54, 1.807) is 11.8 Å². The summed E-state index contributed by atoms with van der Waals surface area (Å²) >= 11 is 3.99. The molecule has 0 fully saturated rings. The Morgan fingerprint density at radius 3 is 2.82 bits per heavy atom. The fourth-order valence-electron chi connectivity index (χ4n) is 1.01. The molecule has 0 atom stereocenters. The Kier molecular flexibility index (Phi) is 1.85. The number of para-hydroxylation sites is 1. The topological polar surface area (TPSA) is 3.24 Å². The number of fused-ring (bicyclic) bond motifs is 1. The number of rotatable bonds is 0. The first-order valence-corrected chi connectivity index (χ1v) is 4.99. The minimum atomic E-state index is 1.09. The van der Waals surface area contributed by atoms with Gasteiger partial charge in [-0.25, -0.2) is 0 Å². The number of benzene rings is 1. The molecular weight excluding hydrogens is 269 g/mol. The van der Waals surface area contributed by atoms with E-state index in [-0.39, 0.29) is 0 Å².